The van der Waals surface area contributed by atoms with Gasteiger partial charge in [0.05, 0.1) is 22.2 Å². The van der Waals surface area contributed by atoms with Crippen LogP contribution in [-0.2, 0) is 11.2 Å². The van der Waals surface area contributed by atoms with Crippen LogP contribution in [0.3, 0.4) is 0 Å². The molecule has 5 rings (SSSR count). The summed E-state index contributed by atoms with van der Waals surface area (Å²) < 4.78 is 0. The van der Waals surface area contributed by atoms with Crippen molar-refractivity contribution in [2.75, 3.05) is 7.05 Å². The average Bonchev–Trinajstić information content (AvgIpc) is 2.97. The van der Waals surface area contributed by atoms with E-state index in [9.17, 15) is 14.4 Å². The third kappa shape index (κ3) is 2.85. The first kappa shape index (κ1) is 19.1. The molecule has 0 radical (unpaired) electrons. The standard InChI is InChI=1S/C26H20N2O3/c1-14-8-10-16(11-9-14)21-19-13-17-6-4-5-7-20(17)27-24(19)18(12-15(2)29)22-23(21)26(31)28(3)25(22)30/h4-11,13H,12H2,1-3H3. The van der Waals surface area contributed by atoms with Crippen molar-refractivity contribution in [2.24, 2.45) is 0 Å². The first-order valence-corrected chi connectivity index (χ1v) is 10.1. The second-order valence-corrected chi connectivity index (χ2v) is 8.09. The third-order valence-corrected chi connectivity index (χ3v) is 5.88. The molecule has 0 N–H and O–H groups in total. The Labute approximate surface area is 179 Å². The van der Waals surface area contributed by atoms with Crippen LogP contribution in [-0.4, -0.2) is 34.5 Å². The highest BCUT2D eigenvalue weighted by atomic mass is 16.2. The molecule has 1 aromatic heterocycles. The van der Waals surface area contributed by atoms with Crippen molar-refractivity contribution in [2.45, 2.75) is 20.3 Å². The number of rotatable bonds is 3. The lowest BCUT2D eigenvalue weighted by molar-refractivity contribution is -0.116. The van der Waals surface area contributed by atoms with Gasteiger partial charge in [-0.05, 0) is 37.1 Å². The maximum atomic E-state index is 13.2. The lowest BCUT2D eigenvalue weighted by Crippen LogP contribution is -2.24. The Hall–Kier alpha value is -3.86. The number of para-hydroxylation sites is 1. The van der Waals surface area contributed by atoms with Crippen molar-refractivity contribution in [3.8, 4) is 11.1 Å². The van der Waals surface area contributed by atoms with Gasteiger partial charge in [0.15, 0.2) is 0 Å². The van der Waals surface area contributed by atoms with Crippen LogP contribution in [0, 0.1) is 6.92 Å². The summed E-state index contributed by atoms with van der Waals surface area (Å²) in [4.78, 5) is 44.5. The van der Waals surface area contributed by atoms with Crippen LogP contribution in [0.25, 0.3) is 32.9 Å². The summed E-state index contributed by atoms with van der Waals surface area (Å²) in [7, 11) is 1.48. The van der Waals surface area contributed by atoms with E-state index >= 15 is 0 Å². The maximum Gasteiger partial charge on any atom is 0.261 e. The summed E-state index contributed by atoms with van der Waals surface area (Å²) in [5.41, 5.74) is 5.20. The van der Waals surface area contributed by atoms with Crippen molar-refractivity contribution in [1.29, 1.82) is 0 Å². The molecule has 31 heavy (non-hydrogen) atoms. The highest BCUT2D eigenvalue weighted by Gasteiger charge is 2.39. The van der Waals surface area contributed by atoms with E-state index in [0.29, 0.717) is 27.8 Å². The van der Waals surface area contributed by atoms with Gasteiger partial charge in [0.1, 0.15) is 5.78 Å². The minimum atomic E-state index is -0.388. The Balaban J connectivity index is 2.02. The number of fused-ring (bicyclic) bond motifs is 3. The molecular formula is C26H20N2O3. The molecule has 3 aromatic carbocycles. The zero-order valence-electron chi connectivity index (χ0n) is 17.5. The smallest absolute Gasteiger partial charge is 0.261 e. The van der Waals surface area contributed by atoms with E-state index in [1.807, 2.05) is 61.5 Å². The van der Waals surface area contributed by atoms with Crippen LogP contribution in [0.15, 0.2) is 54.6 Å². The fourth-order valence-corrected chi connectivity index (χ4v) is 4.38. The lowest BCUT2D eigenvalue weighted by Gasteiger charge is -2.16. The van der Waals surface area contributed by atoms with Crippen LogP contribution >= 0.6 is 0 Å². The molecule has 0 saturated carbocycles. The van der Waals surface area contributed by atoms with Crippen LogP contribution in [0.4, 0.5) is 0 Å². The Bertz CT molecular complexity index is 1440. The van der Waals surface area contributed by atoms with Crippen LogP contribution in [0.5, 0.6) is 0 Å². The summed E-state index contributed by atoms with van der Waals surface area (Å²) in [5, 5.41) is 1.70. The number of carbonyl (C=O) groups is 3. The number of imide groups is 1. The number of nitrogens with zero attached hydrogens (tertiary/aromatic N) is 2. The molecule has 4 aromatic rings. The minimum Gasteiger partial charge on any atom is -0.300 e. The van der Waals surface area contributed by atoms with Crippen LogP contribution in [0.2, 0.25) is 0 Å². The van der Waals surface area contributed by atoms with Crippen molar-refractivity contribution in [3.63, 3.8) is 0 Å². The molecule has 0 bridgehead atoms. The second-order valence-electron chi connectivity index (χ2n) is 8.09. The van der Waals surface area contributed by atoms with Crippen molar-refractivity contribution >= 4 is 39.4 Å². The minimum absolute atomic E-state index is 0.0468. The van der Waals surface area contributed by atoms with Crippen molar-refractivity contribution < 1.29 is 14.4 Å². The molecule has 152 valence electrons. The highest BCUT2D eigenvalue weighted by Crippen LogP contribution is 2.42. The number of Topliss-reactive ketones (excluding diaryl/α,β-unsaturated/α-hetero) is 1. The second kappa shape index (κ2) is 6.84. The zero-order valence-corrected chi connectivity index (χ0v) is 17.5. The maximum absolute atomic E-state index is 13.2. The number of hydrogen-bond donors (Lipinski definition) is 0. The normalized spacial score (nSPS) is 13.3. The number of carbonyl (C=O) groups excluding carboxylic acids is 3. The number of hydrogen-bond acceptors (Lipinski definition) is 4. The van der Waals surface area contributed by atoms with Gasteiger partial charge < -0.3 is 0 Å². The van der Waals surface area contributed by atoms with Crippen molar-refractivity contribution in [3.05, 3.63) is 76.9 Å². The van der Waals surface area contributed by atoms with Gasteiger partial charge >= 0.3 is 0 Å². The summed E-state index contributed by atoms with van der Waals surface area (Å²) in [6.45, 7) is 3.48. The number of amides is 2. The first-order valence-electron chi connectivity index (χ1n) is 10.1. The fourth-order valence-electron chi connectivity index (χ4n) is 4.38. The fraction of sp³-hybridized carbons (Fsp3) is 0.154. The summed E-state index contributed by atoms with van der Waals surface area (Å²) in [6.07, 6.45) is 0.0468. The summed E-state index contributed by atoms with van der Waals surface area (Å²) in [5.74, 6) is -0.826. The molecule has 5 nitrogen and oxygen atoms in total. The quantitative estimate of drug-likeness (QED) is 0.363. The van der Waals surface area contributed by atoms with Gasteiger partial charge in [-0.1, -0.05) is 48.0 Å². The van der Waals surface area contributed by atoms with E-state index < -0.39 is 0 Å². The molecule has 0 spiro atoms. The molecule has 2 amide bonds. The predicted octanol–water partition coefficient (Wildman–Crippen LogP) is 4.72. The number of ketones is 1. The highest BCUT2D eigenvalue weighted by molar-refractivity contribution is 6.28. The SMILES string of the molecule is CC(=O)Cc1c2c(c(-c3ccc(C)cc3)c3cc4ccccc4nc13)C(=O)N(C)C2=O. The largest absolute Gasteiger partial charge is 0.300 e. The summed E-state index contributed by atoms with van der Waals surface area (Å²) in [6, 6.07) is 17.6. The van der Waals surface area contributed by atoms with E-state index in [0.717, 1.165) is 32.3 Å². The zero-order chi connectivity index (χ0) is 21.9. The molecule has 0 saturated heterocycles. The molecule has 0 unspecified atom stereocenters. The Morgan fingerprint density at radius 3 is 2.32 bits per heavy atom. The third-order valence-electron chi connectivity index (χ3n) is 5.88. The van der Waals surface area contributed by atoms with Crippen molar-refractivity contribution in [1.82, 2.24) is 9.88 Å². The molecule has 1 aliphatic rings. The number of aromatic nitrogens is 1. The molecule has 0 aliphatic carbocycles. The van der Waals surface area contributed by atoms with E-state index in [1.165, 1.54) is 14.0 Å². The molecule has 1 aliphatic heterocycles. The van der Waals surface area contributed by atoms with Gasteiger partial charge in [0.2, 0.25) is 0 Å². The predicted molar refractivity (Wildman–Crippen MR) is 120 cm³/mol. The Morgan fingerprint density at radius 1 is 0.935 bits per heavy atom. The van der Waals surface area contributed by atoms with Gasteiger partial charge in [-0.25, -0.2) is 4.98 Å². The number of benzene rings is 3. The number of aryl methyl sites for hydroxylation is 1. The van der Waals surface area contributed by atoms with Gasteiger partial charge in [-0.3, -0.25) is 19.3 Å². The van der Waals surface area contributed by atoms with Crippen LogP contribution in [0.1, 0.15) is 38.8 Å². The molecule has 5 heteroatoms. The van der Waals surface area contributed by atoms with E-state index in [4.69, 9.17) is 4.98 Å². The number of pyridine rings is 1. The Kier molecular flexibility index (Phi) is 4.22. The Morgan fingerprint density at radius 2 is 1.61 bits per heavy atom. The van der Waals surface area contributed by atoms with E-state index in [1.54, 1.807) is 0 Å². The van der Waals surface area contributed by atoms with Crippen LogP contribution < -0.4 is 0 Å². The molecule has 2 heterocycles. The van der Waals surface area contributed by atoms with E-state index in [2.05, 4.69) is 0 Å². The van der Waals surface area contributed by atoms with Gasteiger partial charge in [-0.15, -0.1) is 0 Å². The van der Waals surface area contributed by atoms with Gasteiger partial charge in [-0.2, -0.15) is 0 Å². The lowest BCUT2D eigenvalue weighted by atomic mass is 9.86. The average molecular weight is 408 g/mol. The van der Waals surface area contributed by atoms with E-state index in [-0.39, 0.29) is 24.0 Å². The van der Waals surface area contributed by atoms with Gasteiger partial charge in [0.25, 0.3) is 11.8 Å². The molecule has 0 fully saturated rings. The summed E-state index contributed by atoms with van der Waals surface area (Å²) >= 11 is 0. The first-order chi connectivity index (χ1) is 14.9. The molecular weight excluding hydrogens is 388 g/mol. The van der Waals surface area contributed by atoms with Gasteiger partial charge in [0, 0.05) is 29.8 Å². The topological polar surface area (TPSA) is 67.3 Å². The monoisotopic (exact) mass is 408 g/mol. The molecule has 0 atom stereocenters.